The van der Waals surface area contributed by atoms with E-state index in [-0.39, 0.29) is 5.91 Å². The molecule has 0 spiro atoms. The van der Waals surface area contributed by atoms with E-state index in [1.54, 1.807) is 18.2 Å². The molecular weight excluding hydrogens is 329 g/mol. The normalized spacial score (nSPS) is 18.5. The predicted molar refractivity (Wildman–Crippen MR) is 95.4 cm³/mol. The van der Waals surface area contributed by atoms with Crippen LogP contribution in [0.15, 0.2) is 48.5 Å². The van der Waals surface area contributed by atoms with Crippen LogP contribution >= 0.6 is 23.2 Å². The molecular formula is C19H19Cl2NO. The second-order valence-corrected chi connectivity index (χ2v) is 6.82. The number of halogens is 2. The first-order valence-electron chi connectivity index (χ1n) is 7.94. The summed E-state index contributed by atoms with van der Waals surface area (Å²) in [7, 11) is 0. The number of nitrogens with zero attached hydrogens (tertiary/aromatic N) is 1. The van der Waals surface area contributed by atoms with Crippen molar-refractivity contribution < 1.29 is 4.79 Å². The second kappa shape index (κ2) is 7.37. The maximum Gasteiger partial charge on any atom is 0.255 e. The molecule has 1 heterocycles. The van der Waals surface area contributed by atoms with Crippen LogP contribution in [0.1, 0.15) is 41.1 Å². The van der Waals surface area contributed by atoms with Gasteiger partial charge in [-0.25, -0.2) is 0 Å². The lowest BCUT2D eigenvalue weighted by molar-refractivity contribution is 0.0754. The Balaban J connectivity index is 1.83. The average molecular weight is 348 g/mol. The Kier molecular flexibility index (Phi) is 5.24. The Labute approximate surface area is 147 Å². The van der Waals surface area contributed by atoms with Gasteiger partial charge in [0.15, 0.2) is 0 Å². The van der Waals surface area contributed by atoms with Gasteiger partial charge in [-0.05, 0) is 36.6 Å². The first-order chi connectivity index (χ1) is 11.1. The molecule has 2 aromatic carbocycles. The molecule has 23 heavy (non-hydrogen) atoms. The van der Waals surface area contributed by atoms with E-state index in [2.05, 4.69) is 24.3 Å². The highest BCUT2D eigenvalue weighted by molar-refractivity contribution is 6.35. The lowest BCUT2D eigenvalue weighted by Crippen LogP contribution is -2.34. The Morgan fingerprint density at radius 3 is 2.61 bits per heavy atom. The lowest BCUT2D eigenvalue weighted by atomic mass is 9.94. The van der Waals surface area contributed by atoms with Crippen LogP contribution < -0.4 is 0 Å². The highest BCUT2D eigenvalue weighted by Crippen LogP contribution is 2.29. The maximum absolute atomic E-state index is 12.9. The molecule has 1 saturated heterocycles. The van der Waals surface area contributed by atoms with Gasteiger partial charge in [0.2, 0.25) is 0 Å². The summed E-state index contributed by atoms with van der Waals surface area (Å²) in [6.07, 6.45) is 3.26. The smallest absolute Gasteiger partial charge is 0.255 e. The van der Waals surface area contributed by atoms with Crippen LogP contribution in [0.5, 0.6) is 0 Å². The van der Waals surface area contributed by atoms with E-state index in [0.29, 0.717) is 21.5 Å². The van der Waals surface area contributed by atoms with Crippen LogP contribution in [0.2, 0.25) is 10.0 Å². The highest BCUT2D eigenvalue weighted by atomic mass is 35.5. The molecule has 2 nitrogen and oxygen atoms in total. The molecule has 1 unspecified atom stereocenters. The van der Waals surface area contributed by atoms with E-state index in [1.807, 2.05) is 11.0 Å². The van der Waals surface area contributed by atoms with Crippen molar-refractivity contribution in [1.82, 2.24) is 4.90 Å². The van der Waals surface area contributed by atoms with Gasteiger partial charge in [0, 0.05) is 24.0 Å². The van der Waals surface area contributed by atoms with E-state index in [1.165, 1.54) is 5.56 Å². The number of benzene rings is 2. The number of hydrogen-bond acceptors (Lipinski definition) is 1. The van der Waals surface area contributed by atoms with Crippen molar-refractivity contribution in [3.63, 3.8) is 0 Å². The summed E-state index contributed by atoms with van der Waals surface area (Å²) in [5.74, 6) is 0.348. The fraction of sp³-hybridized carbons (Fsp3) is 0.316. The summed E-state index contributed by atoms with van der Waals surface area (Å²) >= 11 is 12.2. The Morgan fingerprint density at radius 2 is 1.83 bits per heavy atom. The van der Waals surface area contributed by atoms with Crippen molar-refractivity contribution in [2.75, 3.05) is 13.1 Å². The minimum atomic E-state index is -0.0275. The molecule has 2 aromatic rings. The number of amides is 1. The van der Waals surface area contributed by atoms with Crippen LogP contribution in [0, 0.1) is 0 Å². The number of carbonyl (C=O) groups is 1. The summed E-state index contributed by atoms with van der Waals surface area (Å²) in [5, 5.41) is 0.993. The van der Waals surface area contributed by atoms with E-state index >= 15 is 0 Å². The summed E-state index contributed by atoms with van der Waals surface area (Å²) < 4.78 is 0. The van der Waals surface area contributed by atoms with Crippen molar-refractivity contribution in [3.8, 4) is 0 Å². The molecule has 120 valence electrons. The van der Waals surface area contributed by atoms with Crippen LogP contribution in [0.4, 0.5) is 0 Å². The molecule has 0 saturated carbocycles. The van der Waals surface area contributed by atoms with E-state index < -0.39 is 0 Å². The lowest BCUT2D eigenvalue weighted by Gasteiger charge is -2.25. The largest absolute Gasteiger partial charge is 0.338 e. The molecule has 3 rings (SSSR count). The minimum absolute atomic E-state index is 0.0275. The minimum Gasteiger partial charge on any atom is -0.338 e. The third kappa shape index (κ3) is 3.88. The molecule has 1 amide bonds. The fourth-order valence-electron chi connectivity index (χ4n) is 3.16. The van der Waals surface area contributed by atoms with Crippen LogP contribution in [-0.4, -0.2) is 23.9 Å². The highest BCUT2D eigenvalue weighted by Gasteiger charge is 2.25. The third-order valence-corrected chi connectivity index (χ3v) is 4.95. The van der Waals surface area contributed by atoms with E-state index in [4.69, 9.17) is 23.2 Å². The summed E-state index contributed by atoms with van der Waals surface area (Å²) in [6.45, 7) is 1.50. The van der Waals surface area contributed by atoms with Crippen molar-refractivity contribution in [3.05, 3.63) is 69.7 Å². The quantitative estimate of drug-likeness (QED) is 0.711. The molecule has 0 aliphatic carbocycles. The van der Waals surface area contributed by atoms with Crippen LogP contribution in [-0.2, 0) is 0 Å². The topological polar surface area (TPSA) is 20.3 Å². The zero-order valence-electron chi connectivity index (χ0n) is 12.8. The Hall–Kier alpha value is -1.51. The summed E-state index contributed by atoms with van der Waals surface area (Å²) in [4.78, 5) is 14.8. The van der Waals surface area contributed by atoms with Gasteiger partial charge in [0.05, 0.1) is 10.6 Å². The molecule has 0 bridgehead atoms. The molecule has 0 aromatic heterocycles. The molecule has 0 radical (unpaired) electrons. The van der Waals surface area contributed by atoms with Gasteiger partial charge in [-0.1, -0.05) is 60.0 Å². The van der Waals surface area contributed by atoms with Crippen molar-refractivity contribution in [2.24, 2.45) is 0 Å². The Bertz CT molecular complexity index is 687. The summed E-state index contributed by atoms with van der Waals surface area (Å²) in [6, 6.07) is 15.5. The first-order valence-corrected chi connectivity index (χ1v) is 8.70. The number of carbonyl (C=O) groups excluding carboxylic acids is 1. The SMILES string of the molecule is O=C(c1cc(Cl)ccc1Cl)N1CCCCC(c2ccccc2)C1. The van der Waals surface area contributed by atoms with Gasteiger partial charge in [0.25, 0.3) is 5.91 Å². The van der Waals surface area contributed by atoms with Gasteiger partial charge < -0.3 is 4.90 Å². The zero-order valence-corrected chi connectivity index (χ0v) is 14.4. The first kappa shape index (κ1) is 16.4. The van der Waals surface area contributed by atoms with E-state index in [0.717, 1.165) is 32.4 Å². The fourth-order valence-corrected chi connectivity index (χ4v) is 3.53. The maximum atomic E-state index is 12.9. The molecule has 1 atom stereocenters. The second-order valence-electron chi connectivity index (χ2n) is 5.98. The number of likely N-dealkylation sites (tertiary alicyclic amines) is 1. The van der Waals surface area contributed by atoms with Gasteiger partial charge in [-0.2, -0.15) is 0 Å². The standard InChI is InChI=1S/C19H19Cl2NO/c20-16-9-10-18(21)17(12-16)19(23)22-11-5-4-8-15(13-22)14-6-2-1-3-7-14/h1-3,6-7,9-10,12,15H,4-5,8,11,13H2. The van der Waals surface area contributed by atoms with Gasteiger partial charge in [-0.15, -0.1) is 0 Å². The number of rotatable bonds is 2. The van der Waals surface area contributed by atoms with Gasteiger partial charge >= 0.3 is 0 Å². The third-order valence-electron chi connectivity index (χ3n) is 4.39. The monoisotopic (exact) mass is 347 g/mol. The molecule has 4 heteroatoms. The molecule has 0 N–H and O–H groups in total. The number of hydrogen-bond donors (Lipinski definition) is 0. The van der Waals surface area contributed by atoms with Gasteiger partial charge in [-0.3, -0.25) is 4.79 Å². The average Bonchev–Trinajstić information content (AvgIpc) is 2.83. The van der Waals surface area contributed by atoms with Crippen molar-refractivity contribution >= 4 is 29.1 Å². The van der Waals surface area contributed by atoms with E-state index in [9.17, 15) is 4.79 Å². The van der Waals surface area contributed by atoms with Crippen LogP contribution in [0.3, 0.4) is 0 Å². The Morgan fingerprint density at radius 1 is 1.04 bits per heavy atom. The predicted octanol–water partition coefficient (Wildman–Crippen LogP) is 5.40. The molecule has 1 aliphatic rings. The zero-order chi connectivity index (χ0) is 16.2. The van der Waals surface area contributed by atoms with Crippen molar-refractivity contribution in [1.29, 1.82) is 0 Å². The van der Waals surface area contributed by atoms with Gasteiger partial charge in [0.1, 0.15) is 0 Å². The van der Waals surface area contributed by atoms with Crippen molar-refractivity contribution in [2.45, 2.75) is 25.2 Å². The molecule has 1 aliphatic heterocycles. The van der Waals surface area contributed by atoms with Crippen LogP contribution in [0.25, 0.3) is 0 Å². The molecule has 1 fully saturated rings. The summed E-state index contributed by atoms with van der Waals surface area (Å²) in [5.41, 5.74) is 1.79.